The molecule has 0 bridgehead atoms. The summed E-state index contributed by atoms with van der Waals surface area (Å²) in [6.45, 7) is 2.56. The predicted octanol–water partition coefficient (Wildman–Crippen LogP) is -4.76. The molecular weight excluding hydrogens is 1020 g/mol. The van der Waals surface area contributed by atoms with E-state index in [1.165, 1.54) is 12.5 Å². The van der Waals surface area contributed by atoms with Crippen LogP contribution in [-0.2, 0) is 56.0 Å². The number of hydrogen-bond donors (Lipinski definition) is 18. The summed E-state index contributed by atoms with van der Waals surface area (Å²) in [5.74, 6) is -8.60. The number of amides is 8. The summed E-state index contributed by atoms with van der Waals surface area (Å²) >= 11 is 7.96. The number of imidazole rings is 1. The summed E-state index contributed by atoms with van der Waals surface area (Å²) in [5, 5.41) is 30.7. The highest BCUT2D eigenvalue weighted by molar-refractivity contribution is 7.80. The van der Waals surface area contributed by atoms with Crippen LogP contribution in [0.5, 0.6) is 0 Å². The maximum absolute atomic E-state index is 14.5. The van der Waals surface area contributed by atoms with Crippen LogP contribution in [0.3, 0.4) is 0 Å². The molecule has 30 heteroatoms. The smallest absolute Gasteiger partial charge is 0.327 e. The molecule has 2 aromatic heterocycles. The minimum absolute atomic E-state index is 0.0288. The van der Waals surface area contributed by atoms with Crippen molar-refractivity contribution in [3.8, 4) is 0 Å². The van der Waals surface area contributed by atoms with Gasteiger partial charge in [-0.05, 0) is 49.7 Å². The van der Waals surface area contributed by atoms with E-state index >= 15 is 0 Å². The van der Waals surface area contributed by atoms with Crippen molar-refractivity contribution >= 4 is 101 Å². The van der Waals surface area contributed by atoms with Crippen LogP contribution < -0.4 is 71.2 Å². The first-order valence-electron chi connectivity index (χ1n) is 23.8. The van der Waals surface area contributed by atoms with Crippen LogP contribution in [0.15, 0.2) is 53.0 Å². The number of hydrogen-bond acceptors (Lipinski definition) is 15. The molecule has 3 aromatic rings. The number of fused-ring (bicyclic) bond motifs is 1. The third-order valence-corrected chi connectivity index (χ3v) is 11.8. The number of rotatable bonds is 33. The molecule has 0 aliphatic heterocycles. The summed E-state index contributed by atoms with van der Waals surface area (Å²) in [6.07, 6.45) is 4.34. The number of carbonyl (C=O) groups is 9. The molecule has 1 aromatic carbocycles. The number of guanidine groups is 2. The highest BCUT2D eigenvalue weighted by Crippen LogP contribution is 2.20. The number of aromatic nitrogens is 3. The number of aromatic amines is 2. The molecule has 0 aliphatic rings. The van der Waals surface area contributed by atoms with Crippen LogP contribution >= 0.6 is 25.3 Å². The van der Waals surface area contributed by atoms with E-state index in [9.17, 15) is 48.3 Å². The Kier molecular flexibility index (Phi) is 26.2. The molecule has 28 nitrogen and oxygen atoms in total. The lowest BCUT2D eigenvalue weighted by atomic mass is 10.0. The number of aliphatic carboxylic acids is 1. The molecule has 21 N–H and O–H groups in total. The average molecular weight is 1090 g/mol. The number of H-pyrrole nitrogens is 2. The molecular formula is C45H70N18O10S2. The van der Waals surface area contributed by atoms with Gasteiger partial charge in [0.2, 0.25) is 47.3 Å². The minimum Gasteiger partial charge on any atom is -0.480 e. The lowest BCUT2D eigenvalue weighted by Crippen LogP contribution is -2.60. The van der Waals surface area contributed by atoms with Gasteiger partial charge in [0.05, 0.1) is 25.5 Å². The van der Waals surface area contributed by atoms with Gasteiger partial charge in [-0.15, -0.1) is 0 Å². The number of aliphatic imine (C=N–C) groups is 2. The van der Waals surface area contributed by atoms with Gasteiger partial charge in [0.15, 0.2) is 11.9 Å². The van der Waals surface area contributed by atoms with Gasteiger partial charge in [-0.1, -0.05) is 32.0 Å². The predicted molar refractivity (Wildman–Crippen MR) is 284 cm³/mol. The molecule has 0 saturated carbocycles. The fraction of sp³-hybridized carbons (Fsp3) is 0.511. The number of carboxylic acid groups (broad SMARTS) is 1. The Bertz CT molecular complexity index is 2460. The standard InChI is InChI=1S/C45H70N18O10S2/c1-23(2)13-31(40(69)59-30(10-6-12-53-45(49)50)39(68)63-34(21-75)43(72)73)61-38(67)29(9-5-11-52-44(47)48)60-42(71)33(15-25-17-51-22-57-25)62-41(70)32(14-24-16-54-28-8-4-3-7-26(24)28)58-36(65)19-55-35(64)18-56-37(66)27(46)20-74/h3-4,7-8,16-17,22-23,27,29-34,54,74-75H,5-6,9-15,18-21,46H2,1-2H3,(H,51,57)(H,55,64)(H,56,66)(H,58,65)(H,59,69)(H,60,71)(H,61,67)(H,62,70)(H,63,68)(H,72,73)(H4,47,48,52)(H4,49,50,53)/t27-,29-,30-,31-,32-,33-,34-/m0/s1. The van der Waals surface area contributed by atoms with Crippen LogP contribution in [0.4, 0.5) is 0 Å². The Morgan fingerprint density at radius 1 is 0.640 bits per heavy atom. The van der Waals surface area contributed by atoms with Crippen molar-refractivity contribution in [3.63, 3.8) is 0 Å². The van der Waals surface area contributed by atoms with E-state index in [2.05, 4.69) is 92.7 Å². The van der Waals surface area contributed by atoms with Crippen molar-refractivity contribution < 1.29 is 48.3 Å². The van der Waals surface area contributed by atoms with Crippen molar-refractivity contribution in [2.75, 3.05) is 37.7 Å². The van der Waals surface area contributed by atoms with Crippen LogP contribution in [0.25, 0.3) is 10.9 Å². The minimum atomic E-state index is -1.44. The van der Waals surface area contributed by atoms with Gasteiger partial charge in [-0.3, -0.25) is 48.3 Å². The van der Waals surface area contributed by atoms with Crippen molar-refractivity contribution in [2.45, 2.75) is 101 Å². The SMILES string of the molecule is CC(C)C[C@H](NC(=O)[C@H](CCCN=C(N)N)NC(=O)[C@H](Cc1cnc[nH]1)NC(=O)[C@H](Cc1c[nH]c2ccccc12)NC(=O)CNC(=O)CNC(=O)[C@@H](N)CS)C(=O)N[C@@H](CCCN=C(N)N)C(=O)N[C@@H](CS)C(=O)O. The maximum Gasteiger partial charge on any atom is 0.327 e. The molecule has 2 heterocycles. The first-order valence-corrected chi connectivity index (χ1v) is 25.1. The summed E-state index contributed by atoms with van der Waals surface area (Å²) in [6, 6.07) is -1.97. The van der Waals surface area contributed by atoms with Gasteiger partial charge in [0.25, 0.3) is 0 Å². The summed E-state index contributed by atoms with van der Waals surface area (Å²) in [4.78, 5) is 138. The monoisotopic (exact) mass is 1090 g/mol. The highest BCUT2D eigenvalue weighted by atomic mass is 32.1. The number of para-hydroxylation sites is 1. The molecule has 0 radical (unpaired) electrons. The van der Waals surface area contributed by atoms with Gasteiger partial charge in [0.1, 0.15) is 36.3 Å². The molecule has 8 amide bonds. The Hall–Kier alpha value is -7.60. The zero-order valence-electron chi connectivity index (χ0n) is 41.6. The van der Waals surface area contributed by atoms with E-state index in [1.807, 2.05) is 12.1 Å². The quantitative estimate of drug-likeness (QED) is 0.0118. The van der Waals surface area contributed by atoms with E-state index < -0.39 is 109 Å². The molecule has 0 fully saturated rings. The lowest BCUT2D eigenvalue weighted by molar-refractivity contribution is -0.141. The van der Waals surface area contributed by atoms with E-state index in [0.29, 0.717) is 11.3 Å². The van der Waals surface area contributed by atoms with Crippen LogP contribution in [0.1, 0.15) is 57.2 Å². The largest absolute Gasteiger partial charge is 0.480 e. The molecule has 0 saturated heterocycles. The van der Waals surface area contributed by atoms with Gasteiger partial charge >= 0.3 is 5.97 Å². The van der Waals surface area contributed by atoms with Crippen molar-refractivity contribution in [1.29, 1.82) is 0 Å². The Balaban J connectivity index is 1.94. The molecule has 0 aliphatic carbocycles. The summed E-state index contributed by atoms with van der Waals surface area (Å²) in [5.41, 5.74) is 29.3. The average Bonchev–Trinajstić information content (AvgIpc) is 4.04. The number of nitrogens with zero attached hydrogens (tertiary/aromatic N) is 3. The van der Waals surface area contributed by atoms with Crippen LogP contribution in [-0.4, -0.2) is 165 Å². The van der Waals surface area contributed by atoms with Crippen molar-refractivity contribution in [3.05, 3.63) is 54.2 Å². The second-order valence-electron chi connectivity index (χ2n) is 17.6. The van der Waals surface area contributed by atoms with Crippen LogP contribution in [0.2, 0.25) is 0 Å². The number of thiol groups is 2. The summed E-state index contributed by atoms with van der Waals surface area (Å²) < 4.78 is 0. The zero-order valence-corrected chi connectivity index (χ0v) is 43.4. The summed E-state index contributed by atoms with van der Waals surface area (Å²) in [7, 11) is 0. The van der Waals surface area contributed by atoms with E-state index in [-0.39, 0.29) is 87.4 Å². The molecule has 7 atom stereocenters. The Morgan fingerprint density at radius 2 is 1.16 bits per heavy atom. The zero-order chi connectivity index (χ0) is 55.6. The molecule has 412 valence electrons. The van der Waals surface area contributed by atoms with Crippen molar-refractivity contribution in [1.82, 2.24) is 57.5 Å². The third kappa shape index (κ3) is 22.2. The van der Waals surface area contributed by atoms with Gasteiger partial charge < -0.3 is 86.3 Å². The Morgan fingerprint density at radius 3 is 1.69 bits per heavy atom. The van der Waals surface area contributed by atoms with Crippen LogP contribution in [0, 0.1) is 5.92 Å². The third-order valence-electron chi connectivity index (χ3n) is 11.1. The van der Waals surface area contributed by atoms with E-state index in [4.69, 9.17) is 28.7 Å². The van der Waals surface area contributed by atoms with Gasteiger partial charge in [-0.2, -0.15) is 25.3 Å². The highest BCUT2D eigenvalue weighted by Gasteiger charge is 2.34. The van der Waals surface area contributed by atoms with E-state index in [1.54, 1.807) is 32.2 Å². The Labute approximate surface area is 443 Å². The molecule has 3 rings (SSSR count). The topological polar surface area (TPSA) is 469 Å². The number of benzene rings is 1. The first kappa shape index (κ1) is 61.7. The number of carboxylic acids is 1. The normalized spacial score (nSPS) is 13.8. The van der Waals surface area contributed by atoms with Gasteiger partial charge in [0, 0.05) is 66.4 Å². The number of nitrogens with one attached hydrogen (secondary N) is 10. The second-order valence-corrected chi connectivity index (χ2v) is 18.3. The van der Waals surface area contributed by atoms with Gasteiger partial charge in [-0.25, -0.2) is 9.78 Å². The number of carbonyl (C=O) groups excluding carboxylic acids is 8. The molecule has 0 unspecified atom stereocenters. The van der Waals surface area contributed by atoms with E-state index in [0.717, 1.165) is 10.9 Å². The second kappa shape index (κ2) is 31.9. The first-order chi connectivity index (χ1) is 35.6. The maximum atomic E-state index is 14.5. The lowest BCUT2D eigenvalue weighted by Gasteiger charge is -2.28. The fourth-order valence-electron chi connectivity index (χ4n) is 7.22. The molecule has 0 spiro atoms. The number of nitrogens with two attached hydrogens (primary N) is 5. The fourth-order valence-corrected chi connectivity index (χ4v) is 7.63. The molecule has 75 heavy (non-hydrogen) atoms. The van der Waals surface area contributed by atoms with Crippen molar-refractivity contribution in [2.24, 2.45) is 44.6 Å².